The SMILES string of the molecule is CCOc1c(Br)cc(CNc2ccc3[nH]c(=O)[nH]c3c2)cc1OC.Cl. The zero-order chi connectivity index (χ0) is 17.1. The second kappa shape index (κ2) is 8.31. The van der Waals surface area contributed by atoms with E-state index < -0.39 is 0 Å². The average Bonchev–Trinajstić information content (AvgIpc) is 2.94. The highest BCUT2D eigenvalue weighted by Gasteiger charge is 2.11. The summed E-state index contributed by atoms with van der Waals surface area (Å²) in [6.45, 7) is 3.12. The van der Waals surface area contributed by atoms with Crippen LogP contribution in [0, 0.1) is 0 Å². The Balaban J connectivity index is 0.00000225. The molecule has 0 aliphatic rings. The van der Waals surface area contributed by atoms with Crippen LogP contribution in [0.4, 0.5) is 5.69 Å². The zero-order valence-electron chi connectivity index (χ0n) is 13.8. The lowest BCUT2D eigenvalue weighted by molar-refractivity contribution is 0.308. The van der Waals surface area contributed by atoms with E-state index in [2.05, 4.69) is 31.2 Å². The van der Waals surface area contributed by atoms with Gasteiger partial charge in [-0.3, -0.25) is 0 Å². The van der Waals surface area contributed by atoms with Crippen molar-refractivity contribution in [2.24, 2.45) is 0 Å². The van der Waals surface area contributed by atoms with Gasteiger partial charge in [0.25, 0.3) is 0 Å². The fourth-order valence-corrected chi connectivity index (χ4v) is 3.11. The number of aromatic amines is 2. The van der Waals surface area contributed by atoms with Crippen LogP contribution in [0.3, 0.4) is 0 Å². The van der Waals surface area contributed by atoms with Gasteiger partial charge in [0.15, 0.2) is 11.5 Å². The fraction of sp³-hybridized carbons (Fsp3) is 0.235. The van der Waals surface area contributed by atoms with Gasteiger partial charge in [-0.1, -0.05) is 0 Å². The normalized spacial score (nSPS) is 10.4. The first-order valence-electron chi connectivity index (χ1n) is 7.56. The van der Waals surface area contributed by atoms with Crippen LogP contribution in [0.15, 0.2) is 39.6 Å². The zero-order valence-corrected chi connectivity index (χ0v) is 16.2. The Kier molecular flexibility index (Phi) is 6.39. The Morgan fingerprint density at radius 3 is 2.64 bits per heavy atom. The minimum Gasteiger partial charge on any atom is -0.493 e. The molecule has 0 unspecified atom stereocenters. The van der Waals surface area contributed by atoms with E-state index in [1.807, 2.05) is 37.3 Å². The fourth-order valence-electron chi connectivity index (χ4n) is 2.51. The van der Waals surface area contributed by atoms with E-state index in [1.54, 1.807) is 7.11 Å². The highest BCUT2D eigenvalue weighted by atomic mass is 79.9. The number of anilines is 1. The lowest BCUT2D eigenvalue weighted by atomic mass is 10.2. The molecule has 3 rings (SSSR count). The second-order valence-corrected chi connectivity index (χ2v) is 6.09. The Morgan fingerprint density at radius 2 is 1.92 bits per heavy atom. The number of imidazole rings is 1. The summed E-state index contributed by atoms with van der Waals surface area (Å²) in [7, 11) is 1.62. The maximum Gasteiger partial charge on any atom is 0.323 e. The summed E-state index contributed by atoms with van der Waals surface area (Å²) >= 11 is 3.52. The molecule has 0 amide bonds. The molecule has 134 valence electrons. The summed E-state index contributed by atoms with van der Waals surface area (Å²) in [5, 5.41) is 3.34. The number of methoxy groups -OCH3 is 1. The molecule has 1 aromatic heterocycles. The third-order valence-electron chi connectivity index (χ3n) is 3.59. The van der Waals surface area contributed by atoms with Crippen molar-refractivity contribution in [1.82, 2.24) is 9.97 Å². The molecule has 0 spiro atoms. The molecule has 8 heteroatoms. The smallest absolute Gasteiger partial charge is 0.323 e. The van der Waals surface area contributed by atoms with Crippen molar-refractivity contribution >= 4 is 45.1 Å². The molecule has 0 aliphatic carbocycles. The van der Waals surface area contributed by atoms with Gasteiger partial charge in [-0.25, -0.2) is 4.79 Å². The number of H-pyrrole nitrogens is 2. The maximum absolute atomic E-state index is 11.3. The number of hydrogen-bond donors (Lipinski definition) is 3. The number of rotatable bonds is 6. The molecule has 0 aliphatic heterocycles. The second-order valence-electron chi connectivity index (χ2n) is 5.24. The topological polar surface area (TPSA) is 79.1 Å². The summed E-state index contributed by atoms with van der Waals surface area (Å²) in [6, 6.07) is 9.63. The number of fused-ring (bicyclic) bond motifs is 1. The summed E-state index contributed by atoms with van der Waals surface area (Å²) in [5.41, 5.74) is 3.32. The quantitative estimate of drug-likeness (QED) is 0.553. The van der Waals surface area contributed by atoms with E-state index in [-0.39, 0.29) is 18.1 Å². The van der Waals surface area contributed by atoms with Crippen LogP contribution < -0.4 is 20.5 Å². The Hall–Kier alpha value is -2.12. The van der Waals surface area contributed by atoms with Gasteiger partial charge < -0.3 is 24.8 Å². The molecule has 6 nitrogen and oxygen atoms in total. The number of halogens is 2. The van der Waals surface area contributed by atoms with E-state index in [0.29, 0.717) is 24.7 Å². The van der Waals surface area contributed by atoms with Crippen LogP contribution in [0.25, 0.3) is 11.0 Å². The van der Waals surface area contributed by atoms with Crippen LogP contribution in [-0.2, 0) is 6.54 Å². The molecular weight excluding hydrogens is 410 g/mol. The van der Waals surface area contributed by atoms with Crippen LogP contribution in [0.5, 0.6) is 11.5 Å². The Morgan fingerprint density at radius 1 is 1.16 bits per heavy atom. The number of ether oxygens (including phenoxy) is 2. The predicted molar refractivity (Wildman–Crippen MR) is 105 cm³/mol. The molecule has 0 fully saturated rings. The van der Waals surface area contributed by atoms with Crippen molar-refractivity contribution in [2.45, 2.75) is 13.5 Å². The molecule has 3 N–H and O–H groups in total. The summed E-state index contributed by atoms with van der Waals surface area (Å²) < 4.78 is 11.9. The molecule has 0 radical (unpaired) electrons. The lowest BCUT2D eigenvalue weighted by Gasteiger charge is -2.14. The van der Waals surface area contributed by atoms with E-state index in [4.69, 9.17) is 9.47 Å². The average molecular weight is 429 g/mol. The van der Waals surface area contributed by atoms with Gasteiger partial charge in [-0.2, -0.15) is 0 Å². The van der Waals surface area contributed by atoms with Crippen molar-refractivity contribution in [3.8, 4) is 11.5 Å². The molecule has 3 aromatic rings. The first kappa shape index (κ1) is 19.2. The van der Waals surface area contributed by atoms with Crippen molar-refractivity contribution in [3.63, 3.8) is 0 Å². The highest BCUT2D eigenvalue weighted by Crippen LogP contribution is 2.36. The van der Waals surface area contributed by atoms with Gasteiger partial charge in [0.2, 0.25) is 0 Å². The lowest BCUT2D eigenvalue weighted by Crippen LogP contribution is -2.02. The maximum atomic E-state index is 11.3. The van der Waals surface area contributed by atoms with Gasteiger partial charge in [-0.15, -0.1) is 12.4 Å². The third-order valence-corrected chi connectivity index (χ3v) is 4.18. The van der Waals surface area contributed by atoms with Crippen molar-refractivity contribution in [3.05, 3.63) is 50.9 Å². The largest absolute Gasteiger partial charge is 0.493 e. The van der Waals surface area contributed by atoms with Crippen LogP contribution in [0.2, 0.25) is 0 Å². The van der Waals surface area contributed by atoms with Crippen LogP contribution >= 0.6 is 28.3 Å². The minimum absolute atomic E-state index is 0. The Labute approximate surface area is 159 Å². The molecule has 0 bridgehead atoms. The van der Waals surface area contributed by atoms with E-state index in [0.717, 1.165) is 26.8 Å². The molecule has 0 atom stereocenters. The molecule has 2 aromatic carbocycles. The third kappa shape index (κ3) is 4.29. The van der Waals surface area contributed by atoms with Crippen molar-refractivity contribution in [2.75, 3.05) is 19.0 Å². The predicted octanol–water partition coefficient (Wildman–Crippen LogP) is 4.06. The van der Waals surface area contributed by atoms with Crippen molar-refractivity contribution in [1.29, 1.82) is 0 Å². The summed E-state index contributed by atoms with van der Waals surface area (Å²) in [6.07, 6.45) is 0. The molecule has 1 heterocycles. The monoisotopic (exact) mass is 427 g/mol. The number of benzene rings is 2. The standard InChI is InChI=1S/C17H18BrN3O3.ClH/c1-3-24-16-12(18)6-10(7-15(16)23-2)9-19-11-4-5-13-14(8-11)21-17(22)20-13;/h4-8,19H,3,9H2,1-2H3,(H2,20,21,22);1H. The van der Waals surface area contributed by atoms with Gasteiger partial charge in [-0.05, 0) is 58.7 Å². The van der Waals surface area contributed by atoms with Gasteiger partial charge in [0.1, 0.15) is 0 Å². The van der Waals surface area contributed by atoms with Crippen LogP contribution in [0.1, 0.15) is 12.5 Å². The molecule has 0 saturated heterocycles. The van der Waals surface area contributed by atoms with E-state index >= 15 is 0 Å². The summed E-state index contributed by atoms with van der Waals surface area (Å²) in [5.74, 6) is 1.39. The van der Waals surface area contributed by atoms with Gasteiger partial charge in [0.05, 0.1) is 29.2 Å². The number of hydrogen-bond acceptors (Lipinski definition) is 4. The number of nitrogens with one attached hydrogen (secondary N) is 3. The molecule has 25 heavy (non-hydrogen) atoms. The first-order valence-corrected chi connectivity index (χ1v) is 8.35. The number of aromatic nitrogens is 2. The minimum atomic E-state index is -0.206. The molecular formula is C17H19BrClN3O3. The Bertz CT molecular complexity index is 923. The van der Waals surface area contributed by atoms with Crippen molar-refractivity contribution < 1.29 is 9.47 Å². The van der Waals surface area contributed by atoms with E-state index in [9.17, 15) is 4.79 Å². The van der Waals surface area contributed by atoms with Gasteiger partial charge in [0, 0.05) is 12.2 Å². The van der Waals surface area contributed by atoms with Crippen LogP contribution in [-0.4, -0.2) is 23.7 Å². The van der Waals surface area contributed by atoms with Gasteiger partial charge >= 0.3 is 5.69 Å². The summed E-state index contributed by atoms with van der Waals surface area (Å²) in [4.78, 5) is 16.8. The highest BCUT2D eigenvalue weighted by molar-refractivity contribution is 9.10. The first-order chi connectivity index (χ1) is 11.6. The van der Waals surface area contributed by atoms with E-state index in [1.165, 1.54) is 0 Å². The molecule has 0 saturated carbocycles.